The van der Waals surface area contributed by atoms with Crippen molar-refractivity contribution in [1.82, 2.24) is 14.9 Å². The average Bonchev–Trinajstić information content (AvgIpc) is 2.88. The highest BCUT2D eigenvalue weighted by Crippen LogP contribution is 2.25. The van der Waals surface area contributed by atoms with Gasteiger partial charge >= 0.3 is 0 Å². The first-order chi connectivity index (χ1) is 9.74. The lowest BCUT2D eigenvalue weighted by Gasteiger charge is -2.13. The number of hydrogen-bond donors (Lipinski definition) is 1. The van der Waals surface area contributed by atoms with Crippen LogP contribution in [0.1, 0.15) is 18.3 Å². The molecular weight excluding hydrogens is 254 g/mol. The second-order valence-electron chi connectivity index (χ2n) is 4.50. The topological polar surface area (TPSA) is 48.3 Å². The highest BCUT2D eigenvalue weighted by atomic mass is 16.5. The molecule has 20 heavy (non-hydrogen) atoms. The molecule has 0 aliphatic rings. The lowest BCUT2D eigenvalue weighted by atomic mass is 10.2. The number of ether oxygens (including phenoxy) is 2. The molecule has 1 N–H and O–H groups in total. The minimum absolute atomic E-state index is 0.440. The van der Waals surface area contributed by atoms with Crippen LogP contribution in [0.2, 0.25) is 0 Å². The van der Waals surface area contributed by atoms with Gasteiger partial charge in [0.2, 0.25) is 0 Å². The highest BCUT2D eigenvalue weighted by molar-refractivity contribution is 5.40. The van der Waals surface area contributed by atoms with Crippen LogP contribution in [0, 0.1) is 0 Å². The van der Waals surface area contributed by atoms with Crippen molar-refractivity contribution in [3.63, 3.8) is 0 Å². The summed E-state index contributed by atoms with van der Waals surface area (Å²) in [7, 11) is 3.61. The zero-order chi connectivity index (χ0) is 14.4. The van der Waals surface area contributed by atoms with Crippen molar-refractivity contribution >= 4 is 0 Å². The van der Waals surface area contributed by atoms with Gasteiger partial charge in [-0.1, -0.05) is 13.0 Å². The van der Waals surface area contributed by atoms with E-state index in [-0.39, 0.29) is 0 Å². The summed E-state index contributed by atoms with van der Waals surface area (Å²) in [5.41, 5.74) is 1.11. The second kappa shape index (κ2) is 6.96. The van der Waals surface area contributed by atoms with E-state index in [0.29, 0.717) is 6.61 Å². The van der Waals surface area contributed by atoms with Crippen molar-refractivity contribution < 1.29 is 9.47 Å². The fourth-order valence-electron chi connectivity index (χ4n) is 1.88. The maximum Gasteiger partial charge on any atom is 0.146 e. The van der Waals surface area contributed by atoms with Gasteiger partial charge in [-0.3, -0.25) is 0 Å². The first-order valence-electron chi connectivity index (χ1n) is 6.71. The number of imidazole rings is 1. The summed E-state index contributed by atoms with van der Waals surface area (Å²) in [6.45, 7) is 4.22. The predicted octanol–water partition coefficient (Wildman–Crippen LogP) is 2.12. The molecule has 5 nitrogen and oxygen atoms in total. The van der Waals surface area contributed by atoms with E-state index in [1.165, 1.54) is 0 Å². The Morgan fingerprint density at radius 1 is 1.35 bits per heavy atom. The third kappa shape index (κ3) is 3.51. The van der Waals surface area contributed by atoms with Crippen molar-refractivity contribution in [3.05, 3.63) is 42.0 Å². The Kier molecular flexibility index (Phi) is 5.01. The molecule has 0 aliphatic heterocycles. The van der Waals surface area contributed by atoms with Crippen LogP contribution in [0.15, 0.2) is 30.6 Å². The van der Waals surface area contributed by atoms with E-state index in [2.05, 4.69) is 17.2 Å². The Hall–Kier alpha value is -2.01. The molecule has 0 amide bonds. The summed E-state index contributed by atoms with van der Waals surface area (Å²) in [4.78, 5) is 4.26. The van der Waals surface area contributed by atoms with Crippen molar-refractivity contribution in [3.8, 4) is 11.5 Å². The molecule has 1 heterocycles. The molecule has 5 heteroatoms. The normalized spacial score (nSPS) is 10.6. The zero-order valence-corrected chi connectivity index (χ0v) is 12.2. The van der Waals surface area contributed by atoms with E-state index in [4.69, 9.17) is 9.47 Å². The largest absolute Gasteiger partial charge is 0.497 e. The van der Waals surface area contributed by atoms with E-state index < -0.39 is 0 Å². The quantitative estimate of drug-likeness (QED) is 0.841. The summed E-state index contributed by atoms with van der Waals surface area (Å²) < 4.78 is 13.1. The molecule has 0 saturated heterocycles. The van der Waals surface area contributed by atoms with Gasteiger partial charge < -0.3 is 19.4 Å². The molecule has 2 rings (SSSR count). The minimum Gasteiger partial charge on any atom is -0.497 e. The SMILES string of the molecule is CCNCc1ccc(OC)cc1OCc1nccn1C. The lowest BCUT2D eigenvalue weighted by molar-refractivity contribution is 0.286. The third-order valence-electron chi connectivity index (χ3n) is 3.12. The van der Waals surface area contributed by atoms with Crippen LogP contribution in [-0.4, -0.2) is 23.2 Å². The highest BCUT2D eigenvalue weighted by Gasteiger charge is 2.07. The molecular formula is C15H21N3O2. The fourth-order valence-corrected chi connectivity index (χ4v) is 1.88. The van der Waals surface area contributed by atoms with Crippen LogP contribution >= 0.6 is 0 Å². The standard InChI is InChI=1S/C15H21N3O2/c1-4-16-10-12-5-6-13(19-3)9-14(12)20-11-15-17-7-8-18(15)2/h5-9,16H,4,10-11H2,1-3H3. The van der Waals surface area contributed by atoms with Crippen LogP contribution in [0.5, 0.6) is 11.5 Å². The van der Waals surface area contributed by atoms with Gasteiger partial charge in [-0.2, -0.15) is 0 Å². The van der Waals surface area contributed by atoms with Gasteiger partial charge in [-0.05, 0) is 12.6 Å². The number of rotatable bonds is 7. The van der Waals surface area contributed by atoms with Gasteiger partial charge in [-0.25, -0.2) is 4.98 Å². The summed E-state index contributed by atoms with van der Waals surface area (Å²) in [6, 6.07) is 5.88. The molecule has 1 aromatic heterocycles. The van der Waals surface area contributed by atoms with Gasteiger partial charge in [0.1, 0.15) is 23.9 Å². The molecule has 0 spiro atoms. The summed E-state index contributed by atoms with van der Waals surface area (Å²) >= 11 is 0. The average molecular weight is 275 g/mol. The second-order valence-corrected chi connectivity index (χ2v) is 4.50. The predicted molar refractivity (Wildman–Crippen MR) is 77.9 cm³/mol. The van der Waals surface area contributed by atoms with Crippen molar-refractivity contribution in [2.75, 3.05) is 13.7 Å². The molecule has 1 aromatic carbocycles. The maximum atomic E-state index is 5.90. The van der Waals surface area contributed by atoms with Crippen LogP contribution in [-0.2, 0) is 20.2 Å². The first-order valence-corrected chi connectivity index (χ1v) is 6.71. The van der Waals surface area contributed by atoms with E-state index in [0.717, 1.165) is 36.0 Å². The molecule has 0 saturated carbocycles. The number of hydrogen-bond acceptors (Lipinski definition) is 4. The molecule has 0 unspecified atom stereocenters. The number of benzene rings is 1. The van der Waals surface area contributed by atoms with Gasteiger partial charge in [0.25, 0.3) is 0 Å². The monoisotopic (exact) mass is 275 g/mol. The van der Waals surface area contributed by atoms with Crippen molar-refractivity contribution in [2.45, 2.75) is 20.1 Å². The Balaban J connectivity index is 2.12. The Bertz CT molecular complexity index is 552. The van der Waals surface area contributed by atoms with Crippen molar-refractivity contribution in [1.29, 1.82) is 0 Å². The minimum atomic E-state index is 0.440. The van der Waals surface area contributed by atoms with Gasteiger partial charge in [0, 0.05) is 37.6 Å². The molecule has 0 aliphatic carbocycles. The van der Waals surface area contributed by atoms with Crippen LogP contribution < -0.4 is 14.8 Å². The number of nitrogens with zero attached hydrogens (tertiary/aromatic N) is 2. The van der Waals surface area contributed by atoms with Gasteiger partial charge in [0.05, 0.1) is 7.11 Å². The van der Waals surface area contributed by atoms with Crippen LogP contribution in [0.3, 0.4) is 0 Å². The van der Waals surface area contributed by atoms with E-state index >= 15 is 0 Å². The smallest absolute Gasteiger partial charge is 0.146 e. The number of nitrogens with one attached hydrogen (secondary N) is 1. The Morgan fingerprint density at radius 2 is 2.20 bits per heavy atom. The number of methoxy groups -OCH3 is 1. The van der Waals surface area contributed by atoms with Crippen molar-refractivity contribution in [2.24, 2.45) is 7.05 Å². The van der Waals surface area contributed by atoms with Gasteiger partial charge in [0.15, 0.2) is 0 Å². The summed E-state index contributed by atoms with van der Waals surface area (Å²) in [5, 5.41) is 3.31. The molecule has 0 bridgehead atoms. The molecule has 0 fully saturated rings. The van der Waals surface area contributed by atoms with E-state index in [9.17, 15) is 0 Å². The summed E-state index contributed by atoms with van der Waals surface area (Å²) in [5.74, 6) is 2.51. The molecule has 2 aromatic rings. The zero-order valence-electron chi connectivity index (χ0n) is 12.2. The lowest BCUT2D eigenvalue weighted by Crippen LogP contribution is -2.13. The van der Waals surface area contributed by atoms with E-state index in [1.807, 2.05) is 36.0 Å². The van der Waals surface area contributed by atoms with Crippen LogP contribution in [0.4, 0.5) is 0 Å². The third-order valence-corrected chi connectivity index (χ3v) is 3.12. The Morgan fingerprint density at radius 3 is 2.85 bits per heavy atom. The maximum absolute atomic E-state index is 5.90. The van der Waals surface area contributed by atoms with Gasteiger partial charge in [-0.15, -0.1) is 0 Å². The first kappa shape index (κ1) is 14.4. The number of aryl methyl sites for hydroxylation is 1. The molecule has 0 atom stereocenters. The number of aromatic nitrogens is 2. The van der Waals surface area contributed by atoms with Crippen LogP contribution in [0.25, 0.3) is 0 Å². The van der Waals surface area contributed by atoms with E-state index in [1.54, 1.807) is 13.3 Å². The fraction of sp³-hybridized carbons (Fsp3) is 0.400. The molecule has 0 radical (unpaired) electrons. The molecule has 108 valence electrons. The summed E-state index contributed by atoms with van der Waals surface area (Å²) in [6.07, 6.45) is 3.67. The Labute approximate surface area is 119 Å².